The lowest BCUT2D eigenvalue weighted by Gasteiger charge is -2.19. The molecule has 0 aliphatic carbocycles. The maximum Gasteiger partial charge on any atom is 0.246 e. The van der Waals surface area contributed by atoms with E-state index < -0.39 is 6.04 Å². The Hall–Kier alpha value is -4.20. The minimum atomic E-state index is -0.711. The highest BCUT2D eigenvalue weighted by atomic mass is 16.5. The molecule has 8 nitrogen and oxygen atoms in total. The molecule has 4 rings (SSSR count). The number of Topliss-reactive ketones (excluding diaryl/α,β-unsaturated/α-hetero) is 1. The number of amides is 2. The van der Waals surface area contributed by atoms with E-state index in [0.29, 0.717) is 30.7 Å². The number of carbonyl (C=O) groups is 3. The van der Waals surface area contributed by atoms with Gasteiger partial charge in [-0.15, -0.1) is 0 Å². The predicted molar refractivity (Wildman–Crippen MR) is 149 cm³/mol. The zero-order valence-electron chi connectivity index (χ0n) is 22.1. The number of pyridine rings is 1. The number of aryl methyl sites for hydroxylation is 1. The largest absolute Gasteiger partial charge is 0.497 e. The van der Waals surface area contributed by atoms with E-state index >= 15 is 0 Å². The van der Waals surface area contributed by atoms with Crippen molar-refractivity contribution in [1.82, 2.24) is 15.3 Å². The van der Waals surface area contributed by atoms with Crippen molar-refractivity contribution in [2.24, 2.45) is 0 Å². The van der Waals surface area contributed by atoms with Gasteiger partial charge in [-0.1, -0.05) is 25.0 Å². The fourth-order valence-electron chi connectivity index (χ4n) is 4.74. The van der Waals surface area contributed by atoms with Crippen molar-refractivity contribution < 1.29 is 19.1 Å². The maximum absolute atomic E-state index is 13.4. The molecular weight excluding hydrogens is 480 g/mol. The van der Waals surface area contributed by atoms with Crippen molar-refractivity contribution in [3.63, 3.8) is 0 Å². The van der Waals surface area contributed by atoms with Gasteiger partial charge in [-0.25, -0.2) is 0 Å². The summed E-state index contributed by atoms with van der Waals surface area (Å²) in [5, 5.41) is 8.69. The molecule has 0 bridgehead atoms. The Kier molecular flexibility index (Phi) is 8.73. The molecular formula is C30H34N4O4. The van der Waals surface area contributed by atoms with Crippen LogP contribution in [0, 0.1) is 6.92 Å². The molecule has 2 aromatic heterocycles. The van der Waals surface area contributed by atoms with Crippen LogP contribution in [0.2, 0.25) is 0 Å². The molecule has 2 aromatic carbocycles. The van der Waals surface area contributed by atoms with Gasteiger partial charge < -0.3 is 25.1 Å². The van der Waals surface area contributed by atoms with Crippen LogP contribution in [-0.4, -0.2) is 40.7 Å². The minimum absolute atomic E-state index is 0.132. The fraction of sp³-hybridized carbons (Fsp3) is 0.333. The van der Waals surface area contributed by atoms with Gasteiger partial charge in [0.2, 0.25) is 11.8 Å². The summed E-state index contributed by atoms with van der Waals surface area (Å²) in [6.45, 7) is 3.52. The summed E-state index contributed by atoms with van der Waals surface area (Å²) in [6.07, 6.45) is 6.86. The molecule has 2 heterocycles. The number of ketones is 1. The first-order chi connectivity index (χ1) is 18.4. The van der Waals surface area contributed by atoms with Crippen molar-refractivity contribution in [2.75, 3.05) is 12.4 Å². The summed E-state index contributed by atoms with van der Waals surface area (Å²) >= 11 is 0. The Morgan fingerprint density at radius 2 is 1.89 bits per heavy atom. The van der Waals surface area contributed by atoms with Crippen molar-refractivity contribution in [2.45, 2.75) is 58.4 Å². The highest BCUT2D eigenvalue weighted by Gasteiger charge is 2.23. The van der Waals surface area contributed by atoms with Crippen molar-refractivity contribution in [1.29, 1.82) is 0 Å². The van der Waals surface area contributed by atoms with E-state index in [-0.39, 0.29) is 24.0 Å². The van der Waals surface area contributed by atoms with E-state index in [2.05, 4.69) is 20.6 Å². The monoisotopic (exact) mass is 514 g/mol. The fourth-order valence-corrected chi connectivity index (χ4v) is 4.74. The molecule has 0 saturated carbocycles. The zero-order valence-corrected chi connectivity index (χ0v) is 22.1. The number of aromatic nitrogens is 2. The number of H-pyrrole nitrogens is 1. The van der Waals surface area contributed by atoms with Crippen LogP contribution in [0.15, 0.2) is 54.9 Å². The van der Waals surface area contributed by atoms with E-state index in [0.717, 1.165) is 45.8 Å². The SMILES string of the molecule is COc1ccc2[nH]c(C)c(CC(=O)NC(CCCCCC(C)=O)C(=O)Nc3cccc4cnccc34)c2c1. The number of anilines is 1. The molecule has 198 valence electrons. The topological polar surface area (TPSA) is 113 Å². The Balaban J connectivity index is 1.50. The summed E-state index contributed by atoms with van der Waals surface area (Å²) in [5.41, 5.74) is 3.37. The minimum Gasteiger partial charge on any atom is -0.497 e. The smallest absolute Gasteiger partial charge is 0.246 e. The van der Waals surface area contributed by atoms with E-state index in [1.54, 1.807) is 26.4 Å². The number of nitrogens with one attached hydrogen (secondary N) is 3. The summed E-state index contributed by atoms with van der Waals surface area (Å²) in [4.78, 5) is 45.4. The van der Waals surface area contributed by atoms with Crippen LogP contribution in [0.3, 0.4) is 0 Å². The second-order valence-electron chi connectivity index (χ2n) is 9.63. The van der Waals surface area contributed by atoms with E-state index in [1.807, 2.05) is 49.4 Å². The Labute approximate surface area is 222 Å². The van der Waals surface area contributed by atoms with Crippen LogP contribution in [0.1, 0.15) is 50.3 Å². The summed E-state index contributed by atoms with van der Waals surface area (Å²) < 4.78 is 5.36. The molecule has 0 aliphatic heterocycles. The lowest BCUT2D eigenvalue weighted by molar-refractivity contribution is -0.126. The number of ether oxygens (including phenoxy) is 1. The average molecular weight is 515 g/mol. The van der Waals surface area contributed by atoms with Crippen LogP contribution in [-0.2, 0) is 20.8 Å². The highest BCUT2D eigenvalue weighted by Crippen LogP contribution is 2.27. The van der Waals surface area contributed by atoms with Gasteiger partial charge in [-0.2, -0.15) is 0 Å². The van der Waals surface area contributed by atoms with E-state index in [4.69, 9.17) is 4.74 Å². The van der Waals surface area contributed by atoms with Crippen molar-refractivity contribution in [3.05, 3.63) is 66.1 Å². The van der Waals surface area contributed by atoms with Crippen LogP contribution in [0.4, 0.5) is 5.69 Å². The van der Waals surface area contributed by atoms with Gasteiger partial charge in [0.05, 0.1) is 13.5 Å². The third kappa shape index (κ3) is 6.56. The van der Waals surface area contributed by atoms with Crippen LogP contribution in [0.5, 0.6) is 5.75 Å². The molecule has 0 spiro atoms. The van der Waals surface area contributed by atoms with Gasteiger partial charge in [0, 0.05) is 51.9 Å². The third-order valence-electron chi connectivity index (χ3n) is 6.78. The Morgan fingerprint density at radius 3 is 2.68 bits per heavy atom. The molecule has 0 saturated heterocycles. The van der Waals surface area contributed by atoms with E-state index in [1.165, 1.54) is 0 Å². The highest BCUT2D eigenvalue weighted by molar-refractivity contribution is 6.04. The number of benzene rings is 2. The molecule has 3 N–H and O–H groups in total. The first-order valence-electron chi connectivity index (χ1n) is 12.9. The quantitative estimate of drug-likeness (QED) is 0.224. The first-order valence-corrected chi connectivity index (χ1v) is 12.9. The van der Waals surface area contributed by atoms with Gasteiger partial charge >= 0.3 is 0 Å². The lowest BCUT2D eigenvalue weighted by atomic mass is 10.0. The maximum atomic E-state index is 13.4. The summed E-state index contributed by atoms with van der Waals surface area (Å²) in [5.74, 6) is 0.365. The molecule has 8 heteroatoms. The molecule has 38 heavy (non-hydrogen) atoms. The van der Waals surface area contributed by atoms with Gasteiger partial charge in [-0.05, 0) is 62.6 Å². The first kappa shape index (κ1) is 26.9. The number of rotatable bonds is 12. The second kappa shape index (κ2) is 12.4. The van der Waals surface area contributed by atoms with Gasteiger partial charge in [-0.3, -0.25) is 14.6 Å². The number of methoxy groups -OCH3 is 1. The molecule has 1 atom stereocenters. The molecule has 0 fully saturated rings. The van der Waals surface area contributed by atoms with Crippen LogP contribution in [0.25, 0.3) is 21.7 Å². The number of unbranched alkanes of at least 4 members (excludes halogenated alkanes) is 2. The number of hydrogen-bond donors (Lipinski definition) is 3. The van der Waals surface area contributed by atoms with Crippen molar-refractivity contribution in [3.8, 4) is 5.75 Å². The normalized spacial score (nSPS) is 11.9. The molecule has 0 aliphatic rings. The van der Waals surface area contributed by atoms with Crippen LogP contribution < -0.4 is 15.4 Å². The Bertz CT molecular complexity index is 1450. The third-order valence-corrected chi connectivity index (χ3v) is 6.78. The second-order valence-corrected chi connectivity index (χ2v) is 9.63. The molecule has 2 amide bonds. The lowest BCUT2D eigenvalue weighted by Crippen LogP contribution is -2.44. The van der Waals surface area contributed by atoms with Gasteiger partial charge in [0.25, 0.3) is 0 Å². The molecule has 1 unspecified atom stereocenters. The Morgan fingerprint density at radius 1 is 1.05 bits per heavy atom. The number of hydrogen-bond acceptors (Lipinski definition) is 5. The van der Waals surface area contributed by atoms with Crippen molar-refractivity contribution >= 4 is 45.0 Å². The number of aromatic amines is 1. The average Bonchev–Trinajstić information content (AvgIpc) is 3.21. The predicted octanol–water partition coefficient (Wildman–Crippen LogP) is 5.24. The van der Waals surface area contributed by atoms with E-state index in [9.17, 15) is 14.4 Å². The van der Waals surface area contributed by atoms with Crippen LogP contribution >= 0.6 is 0 Å². The summed E-state index contributed by atoms with van der Waals surface area (Å²) in [6, 6.07) is 12.5. The van der Waals surface area contributed by atoms with Gasteiger partial charge in [0.15, 0.2) is 0 Å². The number of fused-ring (bicyclic) bond motifs is 2. The number of nitrogens with zero attached hydrogens (tertiary/aromatic N) is 1. The zero-order chi connectivity index (χ0) is 27.1. The molecule has 0 radical (unpaired) electrons. The molecule has 4 aromatic rings. The standard InChI is InChI=1S/C30H34N4O4/c1-19(35)8-5-4-6-10-28(30(37)34-26-11-7-9-21-18-31-15-14-23(21)26)33-29(36)17-24-20(2)32-27-13-12-22(38-3)16-25(24)27/h7,9,11-16,18,28,32H,4-6,8,10,17H2,1-3H3,(H,33,36)(H,34,37). The summed E-state index contributed by atoms with van der Waals surface area (Å²) in [7, 11) is 1.61. The van der Waals surface area contributed by atoms with Gasteiger partial charge in [0.1, 0.15) is 17.6 Å². The number of carbonyl (C=O) groups excluding carboxylic acids is 3.